The maximum absolute atomic E-state index is 14.4. The molecule has 2 aliphatic heterocycles. The van der Waals surface area contributed by atoms with E-state index in [-0.39, 0.29) is 42.0 Å². The molecule has 3 heterocycles. The van der Waals surface area contributed by atoms with Crippen LogP contribution in [0, 0.1) is 9.49 Å². The van der Waals surface area contributed by atoms with Gasteiger partial charge in [-0.2, -0.15) is 0 Å². The van der Waals surface area contributed by atoms with E-state index in [4.69, 9.17) is 9.47 Å². The number of aliphatic hydroxyl groups is 1. The molecule has 44 heavy (non-hydrogen) atoms. The fourth-order valence-electron chi connectivity index (χ4n) is 7.08. The Labute approximate surface area is 273 Å². The zero-order valence-corrected chi connectivity index (χ0v) is 28.8. The van der Waals surface area contributed by atoms with Crippen molar-refractivity contribution in [3.63, 3.8) is 0 Å². The molecule has 3 aromatic rings. The number of fused-ring (bicyclic) bond motifs is 2. The molecule has 1 saturated heterocycles. The quantitative estimate of drug-likeness (QED) is 0.120. The monoisotopic (exact) mass is 732 g/mol. The van der Waals surface area contributed by atoms with Gasteiger partial charge in [0, 0.05) is 46.3 Å². The number of ether oxygens (including phenoxy) is 2. The maximum atomic E-state index is 14.4. The number of carbonyl (C=O) groups is 2. The number of aryl methyl sites for hydroxylation is 1. The lowest BCUT2D eigenvalue weighted by Crippen LogP contribution is -2.46. The lowest BCUT2D eigenvalue weighted by Gasteiger charge is -2.32. The van der Waals surface area contributed by atoms with Crippen LogP contribution >= 0.6 is 22.6 Å². The van der Waals surface area contributed by atoms with E-state index >= 15 is 0 Å². The number of anilines is 1. The molecule has 0 aliphatic carbocycles. The second kappa shape index (κ2) is 13.4. The molecule has 10 nitrogen and oxygen atoms in total. The molecular weight excluding hydrogens is 691 g/mol. The van der Waals surface area contributed by atoms with Gasteiger partial charge in [-0.3, -0.25) is 14.3 Å². The first-order valence-electron chi connectivity index (χ1n) is 15.2. The lowest BCUT2D eigenvalue weighted by atomic mass is 9.82. The normalized spacial score (nSPS) is 23.8. The third-order valence-electron chi connectivity index (χ3n) is 9.13. The van der Waals surface area contributed by atoms with Gasteiger partial charge < -0.3 is 24.3 Å². The SMILES string of the molecule is COC(=O)CCCCN1C(=O)[C@]2(O[C@H](CCn3cc(C(CO)c4ccccc4)nn3)[C@@H]([Si](C)(C)O)[C@@H]2C)c2cc(I)ccc21. The van der Waals surface area contributed by atoms with Crippen molar-refractivity contribution >= 4 is 48.5 Å². The highest BCUT2D eigenvalue weighted by molar-refractivity contribution is 14.1. The summed E-state index contributed by atoms with van der Waals surface area (Å²) in [6.45, 7) is 6.74. The number of rotatable bonds is 12. The van der Waals surface area contributed by atoms with Crippen LogP contribution in [0.2, 0.25) is 18.6 Å². The van der Waals surface area contributed by atoms with Crippen LogP contribution < -0.4 is 4.90 Å². The van der Waals surface area contributed by atoms with Crippen LogP contribution in [-0.4, -0.2) is 71.5 Å². The van der Waals surface area contributed by atoms with Gasteiger partial charge in [0.1, 0.15) is 0 Å². The van der Waals surface area contributed by atoms with E-state index in [1.807, 2.05) is 74.7 Å². The second-order valence-electron chi connectivity index (χ2n) is 12.4. The highest BCUT2D eigenvalue weighted by Gasteiger charge is 2.66. The van der Waals surface area contributed by atoms with Crippen molar-refractivity contribution in [1.29, 1.82) is 0 Å². The summed E-state index contributed by atoms with van der Waals surface area (Å²) in [6.07, 6.45) is 3.59. The van der Waals surface area contributed by atoms with E-state index in [0.29, 0.717) is 44.5 Å². The number of esters is 1. The van der Waals surface area contributed by atoms with E-state index in [1.165, 1.54) is 7.11 Å². The van der Waals surface area contributed by atoms with Crippen LogP contribution in [0.25, 0.3) is 0 Å². The molecule has 5 rings (SSSR count). The summed E-state index contributed by atoms with van der Waals surface area (Å²) < 4.78 is 14.4. The average molecular weight is 733 g/mol. The van der Waals surface area contributed by atoms with E-state index in [9.17, 15) is 19.5 Å². The Morgan fingerprint density at radius 1 is 1.18 bits per heavy atom. The summed E-state index contributed by atoms with van der Waals surface area (Å²) in [5.74, 6) is -0.903. The zero-order chi connectivity index (χ0) is 31.6. The van der Waals surface area contributed by atoms with Gasteiger partial charge in [-0.25, -0.2) is 0 Å². The number of methoxy groups -OCH3 is 1. The summed E-state index contributed by atoms with van der Waals surface area (Å²) in [6, 6.07) is 15.7. The van der Waals surface area contributed by atoms with Gasteiger partial charge in [-0.15, -0.1) is 5.10 Å². The van der Waals surface area contributed by atoms with Gasteiger partial charge in [0.15, 0.2) is 13.9 Å². The number of unbranched alkanes of at least 4 members (excludes halogenated alkanes) is 1. The third kappa shape index (κ3) is 6.23. The number of amides is 1. The topological polar surface area (TPSA) is 127 Å². The fourth-order valence-corrected chi connectivity index (χ4v) is 10.2. The van der Waals surface area contributed by atoms with Crippen LogP contribution in [-0.2, 0) is 31.2 Å². The Balaban J connectivity index is 1.39. The van der Waals surface area contributed by atoms with Crippen molar-refractivity contribution in [2.24, 2.45) is 5.92 Å². The largest absolute Gasteiger partial charge is 0.469 e. The van der Waals surface area contributed by atoms with Crippen LogP contribution in [0.15, 0.2) is 54.7 Å². The predicted molar refractivity (Wildman–Crippen MR) is 177 cm³/mol. The second-order valence-corrected chi connectivity index (χ2v) is 17.6. The Morgan fingerprint density at radius 3 is 2.61 bits per heavy atom. The van der Waals surface area contributed by atoms with E-state index < -0.39 is 13.9 Å². The Kier molecular flexibility index (Phi) is 9.95. The van der Waals surface area contributed by atoms with Gasteiger partial charge >= 0.3 is 5.97 Å². The van der Waals surface area contributed by atoms with Gasteiger partial charge in [0.25, 0.3) is 5.91 Å². The number of aliphatic hydroxyl groups excluding tert-OH is 1. The van der Waals surface area contributed by atoms with Crippen LogP contribution in [0.4, 0.5) is 5.69 Å². The van der Waals surface area contributed by atoms with Crippen LogP contribution in [0.3, 0.4) is 0 Å². The molecule has 1 spiro atoms. The van der Waals surface area contributed by atoms with Gasteiger partial charge in [0.05, 0.1) is 37.1 Å². The molecule has 2 N–H and O–H groups in total. The van der Waals surface area contributed by atoms with E-state index in [0.717, 1.165) is 20.4 Å². The molecule has 1 unspecified atom stereocenters. The standard InChI is InChI=1S/C32H41IN4O6Si/c1-21-30(44(3,4)41)28(15-17-36-19-26(34-35-36)24(20-38)22-10-6-5-7-11-22)43-32(21)25-18-23(33)13-14-27(25)37(31(32)40)16-9-8-12-29(39)42-2/h5-7,10-11,13-14,18-19,21,24,28,30,38,41H,8-9,12,15-17,20H2,1-4H3/t21-,24?,28+,30-,32+/m0/s1. The first-order valence-corrected chi connectivity index (χ1v) is 19.3. The highest BCUT2D eigenvalue weighted by atomic mass is 127. The summed E-state index contributed by atoms with van der Waals surface area (Å²) in [5.41, 5.74) is 1.92. The van der Waals surface area contributed by atoms with Crippen LogP contribution in [0.1, 0.15) is 55.3 Å². The van der Waals surface area contributed by atoms with Gasteiger partial charge in [-0.05, 0) is 78.7 Å². The van der Waals surface area contributed by atoms with Crippen molar-refractivity contribution in [3.8, 4) is 0 Å². The van der Waals surface area contributed by atoms with Crippen LogP contribution in [0.5, 0.6) is 0 Å². The number of carbonyl (C=O) groups excluding carboxylic acids is 2. The molecule has 1 fully saturated rings. The minimum atomic E-state index is -2.81. The van der Waals surface area contributed by atoms with Crippen molar-refractivity contribution in [1.82, 2.24) is 15.0 Å². The molecule has 2 aromatic carbocycles. The van der Waals surface area contributed by atoms with Gasteiger partial charge in [-0.1, -0.05) is 42.5 Å². The first-order chi connectivity index (χ1) is 21.0. The van der Waals surface area contributed by atoms with E-state index in [1.54, 1.807) is 9.58 Å². The molecule has 0 saturated carbocycles. The molecule has 1 amide bonds. The molecular formula is C32H41IN4O6Si. The Hall–Kier alpha value is -2.65. The lowest BCUT2D eigenvalue weighted by molar-refractivity contribution is -0.146. The van der Waals surface area contributed by atoms with Crippen molar-refractivity contribution in [2.75, 3.05) is 25.2 Å². The number of halogens is 1. The van der Waals surface area contributed by atoms with E-state index in [2.05, 4.69) is 32.9 Å². The molecule has 0 radical (unpaired) electrons. The predicted octanol–water partition coefficient (Wildman–Crippen LogP) is 4.58. The summed E-state index contributed by atoms with van der Waals surface area (Å²) in [4.78, 5) is 39.4. The minimum Gasteiger partial charge on any atom is -0.469 e. The highest BCUT2D eigenvalue weighted by Crippen LogP contribution is 2.59. The molecule has 0 bridgehead atoms. The Bertz CT molecular complexity index is 1480. The van der Waals surface area contributed by atoms with Crippen molar-refractivity contribution in [2.45, 2.75) is 75.4 Å². The van der Waals surface area contributed by atoms with Gasteiger partial charge in [0.2, 0.25) is 0 Å². The summed E-state index contributed by atoms with van der Waals surface area (Å²) in [5, 5.41) is 18.8. The summed E-state index contributed by atoms with van der Waals surface area (Å²) in [7, 11) is -1.43. The number of benzene rings is 2. The minimum absolute atomic E-state index is 0.0830. The fraction of sp³-hybridized carbons (Fsp3) is 0.500. The molecule has 2 aliphatic rings. The third-order valence-corrected chi connectivity index (χ3v) is 12.3. The molecule has 12 heteroatoms. The Morgan fingerprint density at radius 2 is 1.93 bits per heavy atom. The molecule has 1 aromatic heterocycles. The first kappa shape index (κ1) is 32.7. The maximum Gasteiger partial charge on any atom is 0.305 e. The number of nitrogens with zero attached hydrogens (tertiary/aromatic N) is 4. The zero-order valence-electron chi connectivity index (χ0n) is 25.6. The number of aromatic nitrogens is 3. The van der Waals surface area contributed by atoms with Crippen molar-refractivity contribution in [3.05, 3.63) is 75.1 Å². The summed E-state index contributed by atoms with van der Waals surface area (Å²) >= 11 is 2.26. The molecule has 236 valence electrons. The average Bonchev–Trinajstić information content (AvgIpc) is 3.65. The number of hydrogen-bond acceptors (Lipinski definition) is 8. The molecule has 5 atom stereocenters. The number of hydrogen-bond donors (Lipinski definition) is 2. The smallest absolute Gasteiger partial charge is 0.305 e. The van der Waals surface area contributed by atoms with Crippen molar-refractivity contribution < 1.29 is 29.0 Å².